The number of rotatable bonds is 9. The zero-order valence-corrected chi connectivity index (χ0v) is 17.0. The zero-order valence-electron chi connectivity index (χ0n) is 17.0. The van der Waals surface area contributed by atoms with Gasteiger partial charge in [0.2, 0.25) is 5.91 Å². The Labute approximate surface area is 166 Å². The van der Waals surface area contributed by atoms with Crippen LogP contribution in [0.25, 0.3) is 0 Å². The molecule has 0 bridgehead atoms. The first-order valence-electron chi connectivity index (χ1n) is 9.45. The van der Waals surface area contributed by atoms with E-state index < -0.39 is 0 Å². The van der Waals surface area contributed by atoms with Crippen molar-refractivity contribution in [1.29, 1.82) is 0 Å². The predicted octanol–water partition coefficient (Wildman–Crippen LogP) is 3.89. The van der Waals surface area contributed by atoms with Gasteiger partial charge in [0.25, 0.3) is 5.91 Å². The third kappa shape index (κ3) is 5.49. The minimum atomic E-state index is -0.228. The molecule has 2 amide bonds. The summed E-state index contributed by atoms with van der Waals surface area (Å²) in [5.74, 6) is 0.631. The van der Waals surface area contributed by atoms with Crippen molar-refractivity contribution in [3.05, 3.63) is 53.6 Å². The highest BCUT2D eigenvalue weighted by Gasteiger charge is 2.20. The summed E-state index contributed by atoms with van der Waals surface area (Å²) in [7, 11) is 1.53. The van der Waals surface area contributed by atoms with Crippen LogP contribution in [0.2, 0.25) is 0 Å². The van der Waals surface area contributed by atoms with Gasteiger partial charge in [0.05, 0.1) is 13.7 Å². The average molecular weight is 384 g/mol. The third-order valence-electron chi connectivity index (χ3n) is 4.24. The lowest BCUT2D eigenvalue weighted by Crippen LogP contribution is -2.38. The predicted molar refractivity (Wildman–Crippen MR) is 110 cm³/mol. The maximum atomic E-state index is 13.0. The SMILES string of the molecule is CCCN(CC(=O)Nc1ccccc1C)C(=O)c1ccc(OCC)c(OC)c1. The number of nitrogens with one attached hydrogen (secondary N) is 1. The molecule has 2 aromatic carbocycles. The van der Waals surface area contributed by atoms with Crippen LogP contribution in [-0.4, -0.2) is 43.5 Å². The molecule has 28 heavy (non-hydrogen) atoms. The molecule has 0 fully saturated rings. The molecule has 0 aromatic heterocycles. The van der Waals surface area contributed by atoms with E-state index >= 15 is 0 Å². The second kappa shape index (κ2) is 10.3. The van der Waals surface area contributed by atoms with Crippen LogP contribution < -0.4 is 14.8 Å². The summed E-state index contributed by atoms with van der Waals surface area (Å²) in [6.07, 6.45) is 0.748. The van der Waals surface area contributed by atoms with Gasteiger partial charge in [-0.3, -0.25) is 9.59 Å². The minimum absolute atomic E-state index is 0.0173. The quantitative estimate of drug-likeness (QED) is 0.712. The smallest absolute Gasteiger partial charge is 0.254 e. The van der Waals surface area contributed by atoms with E-state index in [0.717, 1.165) is 17.7 Å². The van der Waals surface area contributed by atoms with Crippen molar-refractivity contribution >= 4 is 17.5 Å². The third-order valence-corrected chi connectivity index (χ3v) is 4.24. The van der Waals surface area contributed by atoms with E-state index in [-0.39, 0.29) is 18.4 Å². The Morgan fingerprint density at radius 1 is 1.07 bits per heavy atom. The zero-order chi connectivity index (χ0) is 20.5. The van der Waals surface area contributed by atoms with Gasteiger partial charge in [-0.15, -0.1) is 0 Å². The molecule has 0 atom stereocenters. The summed E-state index contributed by atoms with van der Waals surface area (Å²) in [5, 5.41) is 2.88. The van der Waals surface area contributed by atoms with Crippen LogP contribution in [0, 0.1) is 6.92 Å². The second-order valence-corrected chi connectivity index (χ2v) is 6.39. The monoisotopic (exact) mass is 384 g/mol. The van der Waals surface area contributed by atoms with Crippen LogP contribution >= 0.6 is 0 Å². The van der Waals surface area contributed by atoms with E-state index in [9.17, 15) is 9.59 Å². The minimum Gasteiger partial charge on any atom is -0.493 e. The Morgan fingerprint density at radius 2 is 1.82 bits per heavy atom. The Morgan fingerprint density at radius 3 is 2.46 bits per heavy atom. The topological polar surface area (TPSA) is 67.9 Å². The molecule has 0 saturated carbocycles. The highest BCUT2D eigenvalue weighted by molar-refractivity contribution is 6.00. The number of hydrogen-bond donors (Lipinski definition) is 1. The Bertz CT molecular complexity index is 820. The van der Waals surface area contributed by atoms with E-state index in [1.165, 1.54) is 7.11 Å². The van der Waals surface area contributed by atoms with Gasteiger partial charge in [0.15, 0.2) is 11.5 Å². The van der Waals surface area contributed by atoms with Crippen molar-refractivity contribution in [2.24, 2.45) is 0 Å². The lowest BCUT2D eigenvalue weighted by atomic mass is 10.1. The molecule has 2 rings (SSSR count). The molecule has 6 nitrogen and oxygen atoms in total. The molecule has 0 spiro atoms. The van der Waals surface area contributed by atoms with Crippen LogP contribution in [0.5, 0.6) is 11.5 Å². The molecule has 0 saturated heterocycles. The largest absolute Gasteiger partial charge is 0.493 e. The standard InChI is InChI=1S/C22H28N2O4/c1-5-13-24(15-21(25)23-18-10-8-7-9-16(18)3)22(26)17-11-12-19(28-6-2)20(14-17)27-4/h7-12,14H,5-6,13,15H2,1-4H3,(H,23,25). The summed E-state index contributed by atoms with van der Waals surface area (Å²) >= 11 is 0. The molecular formula is C22H28N2O4. The fraction of sp³-hybridized carbons (Fsp3) is 0.364. The van der Waals surface area contributed by atoms with Gasteiger partial charge in [-0.2, -0.15) is 0 Å². The maximum absolute atomic E-state index is 13.0. The molecule has 1 N–H and O–H groups in total. The average Bonchev–Trinajstić information content (AvgIpc) is 2.69. The number of benzene rings is 2. The number of carbonyl (C=O) groups excluding carboxylic acids is 2. The van der Waals surface area contributed by atoms with Gasteiger partial charge in [0, 0.05) is 17.8 Å². The first-order chi connectivity index (χ1) is 13.5. The van der Waals surface area contributed by atoms with Crippen molar-refractivity contribution in [3.8, 4) is 11.5 Å². The van der Waals surface area contributed by atoms with E-state index in [1.807, 2.05) is 45.0 Å². The summed E-state index contributed by atoms with van der Waals surface area (Å²) in [6, 6.07) is 12.6. The summed E-state index contributed by atoms with van der Waals surface area (Å²) in [4.78, 5) is 27.0. The van der Waals surface area contributed by atoms with Crippen molar-refractivity contribution in [1.82, 2.24) is 4.90 Å². The van der Waals surface area contributed by atoms with Crippen molar-refractivity contribution in [2.75, 3.05) is 32.1 Å². The lowest BCUT2D eigenvalue weighted by Gasteiger charge is -2.22. The number of para-hydroxylation sites is 1. The molecule has 0 unspecified atom stereocenters. The number of anilines is 1. The highest BCUT2D eigenvalue weighted by atomic mass is 16.5. The molecule has 0 radical (unpaired) electrons. The summed E-state index contributed by atoms with van der Waals surface area (Å²) in [6.45, 7) is 6.75. The molecule has 0 heterocycles. The van der Waals surface area contributed by atoms with Gasteiger partial charge < -0.3 is 19.7 Å². The molecular weight excluding hydrogens is 356 g/mol. The number of methoxy groups -OCH3 is 1. The highest BCUT2D eigenvalue weighted by Crippen LogP contribution is 2.28. The van der Waals surface area contributed by atoms with Gasteiger partial charge in [-0.25, -0.2) is 0 Å². The van der Waals surface area contributed by atoms with Gasteiger partial charge >= 0.3 is 0 Å². The van der Waals surface area contributed by atoms with Gasteiger partial charge in [-0.05, 0) is 50.1 Å². The number of ether oxygens (including phenoxy) is 2. The Kier molecular flexibility index (Phi) is 7.87. The van der Waals surface area contributed by atoms with Crippen LogP contribution in [0.1, 0.15) is 36.2 Å². The van der Waals surface area contributed by atoms with Crippen LogP contribution in [0.3, 0.4) is 0 Å². The normalized spacial score (nSPS) is 10.3. The van der Waals surface area contributed by atoms with E-state index in [0.29, 0.717) is 30.2 Å². The van der Waals surface area contributed by atoms with E-state index in [2.05, 4.69) is 5.32 Å². The molecule has 0 aliphatic carbocycles. The summed E-state index contributed by atoms with van der Waals surface area (Å²) in [5.41, 5.74) is 2.18. The van der Waals surface area contributed by atoms with Gasteiger partial charge in [-0.1, -0.05) is 25.1 Å². The molecule has 0 aliphatic heterocycles. The van der Waals surface area contributed by atoms with Crippen molar-refractivity contribution in [3.63, 3.8) is 0 Å². The number of aryl methyl sites for hydroxylation is 1. The lowest BCUT2D eigenvalue weighted by molar-refractivity contribution is -0.116. The van der Waals surface area contributed by atoms with Crippen molar-refractivity contribution in [2.45, 2.75) is 27.2 Å². The number of hydrogen-bond acceptors (Lipinski definition) is 4. The Hall–Kier alpha value is -3.02. The Balaban J connectivity index is 2.15. The van der Waals surface area contributed by atoms with Crippen molar-refractivity contribution < 1.29 is 19.1 Å². The van der Waals surface area contributed by atoms with E-state index in [4.69, 9.17) is 9.47 Å². The fourth-order valence-electron chi connectivity index (χ4n) is 2.86. The summed E-state index contributed by atoms with van der Waals surface area (Å²) < 4.78 is 10.8. The first kappa shape index (κ1) is 21.3. The number of carbonyl (C=O) groups is 2. The number of amides is 2. The van der Waals surface area contributed by atoms with Gasteiger partial charge in [0.1, 0.15) is 6.54 Å². The number of nitrogens with zero attached hydrogens (tertiary/aromatic N) is 1. The molecule has 0 aliphatic rings. The van der Waals surface area contributed by atoms with Crippen LogP contribution in [0.4, 0.5) is 5.69 Å². The van der Waals surface area contributed by atoms with Crippen LogP contribution in [0.15, 0.2) is 42.5 Å². The van der Waals surface area contributed by atoms with Crippen LogP contribution in [-0.2, 0) is 4.79 Å². The first-order valence-corrected chi connectivity index (χ1v) is 9.45. The molecule has 150 valence electrons. The van der Waals surface area contributed by atoms with E-state index in [1.54, 1.807) is 23.1 Å². The second-order valence-electron chi connectivity index (χ2n) is 6.39. The molecule has 2 aromatic rings. The fourth-order valence-corrected chi connectivity index (χ4v) is 2.86. The maximum Gasteiger partial charge on any atom is 0.254 e. The molecule has 6 heteroatoms.